The van der Waals surface area contributed by atoms with Gasteiger partial charge in [0.2, 0.25) is 0 Å². The monoisotopic (exact) mass is 349 g/mol. The van der Waals surface area contributed by atoms with Crippen molar-refractivity contribution in [1.29, 1.82) is 0 Å². The zero-order valence-corrected chi connectivity index (χ0v) is 14.1. The topological polar surface area (TPSA) is 81.7 Å². The fourth-order valence-corrected chi connectivity index (χ4v) is 4.42. The van der Waals surface area contributed by atoms with Crippen LogP contribution in [0.4, 0.5) is 0 Å². The molecule has 0 aliphatic carbocycles. The molecule has 1 amide bonds. The highest BCUT2D eigenvalue weighted by atomic mass is 32.2. The summed E-state index contributed by atoms with van der Waals surface area (Å²) in [6.45, 7) is -0.147. The summed E-state index contributed by atoms with van der Waals surface area (Å²) in [6, 6.07) is 11.0. The maximum atomic E-state index is 11.9. The van der Waals surface area contributed by atoms with E-state index in [9.17, 15) is 13.2 Å². The summed E-state index contributed by atoms with van der Waals surface area (Å²) in [5.74, 6) is 1.15. The molecule has 2 aromatic rings. The van der Waals surface area contributed by atoms with Gasteiger partial charge >= 0.3 is 0 Å². The predicted molar refractivity (Wildman–Crippen MR) is 91.2 cm³/mol. The number of benzene rings is 2. The number of rotatable bonds is 5. The molecule has 0 saturated carbocycles. The molecule has 0 radical (unpaired) electrons. The Morgan fingerprint density at radius 3 is 2.54 bits per heavy atom. The minimum Gasteiger partial charge on any atom is -0.497 e. The lowest BCUT2D eigenvalue weighted by Gasteiger charge is -2.12. The van der Waals surface area contributed by atoms with Crippen molar-refractivity contribution in [2.75, 3.05) is 25.2 Å². The summed E-state index contributed by atoms with van der Waals surface area (Å²) in [7, 11) is -1.40. The molecule has 6 nitrogen and oxygen atoms in total. The van der Waals surface area contributed by atoms with Crippen molar-refractivity contribution in [3.8, 4) is 11.5 Å². The molecule has 24 heavy (non-hydrogen) atoms. The minimum atomic E-state index is -3.01. The van der Waals surface area contributed by atoms with Crippen LogP contribution in [0.25, 0.3) is 10.8 Å². The van der Waals surface area contributed by atoms with Gasteiger partial charge in [-0.15, -0.1) is 0 Å². The summed E-state index contributed by atoms with van der Waals surface area (Å²) in [4.78, 5) is 11.9. The average molecular weight is 349 g/mol. The van der Waals surface area contributed by atoms with Crippen molar-refractivity contribution in [2.24, 2.45) is 0 Å². The van der Waals surface area contributed by atoms with Crippen molar-refractivity contribution in [1.82, 2.24) is 5.32 Å². The van der Waals surface area contributed by atoms with Crippen LogP contribution in [0.5, 0.6) is 11.5 Å². The molecule has 0 spiro atoms. The third-order valence-corrected chi connectivity index (χ3v) is 5.75. The van der Waals surface area contributed by atoms with Crippen LogP contribution in [0.1, 0.15) is 6.42 Å². The second kappa shape index (κ2) is 6.68. The van der Waals surface area contributed by atoms with Gasteiger partial charge in [-0.05, 0) is 41.5 Å². The van der Waals surface area contributed by atoms with Gasteiger partial charge in [0.05, 0.1) is 18.6 Å². The van der Waals surface area contributed by atoms with Crippen LogP contribution in [-0.2, 0) is 14.6 Å². The highest BCUT2D eigenvalue weighted by molar-refractivity contribution is 7.91. The quantitative estimate of drug-likeness (QED) is 0.885. The lowest BCUT2D eigenvalue weighted by Crippen LogP contribution is -2.38. The summed E-state index contributed by atoms with van der Waals surface area (Å²) >= 11 is 0. The van der Waals surface area contributed by atoms with E-state index in [4.69, 9.17) is 9.47 Å². The van der Waals surface area contributed by atoms with Gasteiger partial charge in [0.1, 0.15) is 11.5 Å². The molecular weight excluding hydrogens is 330 g/mol. The summed E-state index contributed by atoms with van der Waals surface area (Å²) < 4.78 is 33.5. The van der Waals surface area contributed by atoms with Gasteiger partial charge in [-0.2, -0.15) is 0 Å². The largest absolute Gasteiger partial charge is 0.497 e. The molecule has 7 heteroatoms. The van der Waals surface area contributed by atoms with E-state index in [1.165, 1.54) is 0 Å². The Hall–Kier alpha value is -2.28. The van der Waals surface area contributed by atoms with Crippen LogP contribution in [0, 0.1) is 0 Å². The highest BCUT2D eigenvalue weighted by Gasteiger charge is 2.28. The minimum absolute atomic E-state index is 0.00844. The van der Waals surface area contributed by atoms with Gasteiger partial charge in [-0.1, -0.05) is 12.1 Å². The van der Waals surface area contributed by atoms with Crippen molar-refractivity contribution in [2.45, 2.75) is 12.5 Å². The number of hydrogen-bond acceptors (Lipinski definition) is 5. The molecule has 0 aromatic heterocycles. The molecule has 1 aliphatic heterocycles. The SMILES string of the molecule is COc1ccc2ccc(OCC(=O)N[C@@H]3CCS(=O)(=O)C3)cc2c1. The maximum Gasteiger partial charge on any atom is 0.258 e. The molecule has 1 heterocycles. The van der Waals surface area contributed by atoms with E-state index in [2.05, 4.69) is 5.32 Å². The van der Waals surface area contributed by atoms with E-state index in [0.29, 0.717) is 12.2 Å². The zero-order chi connectivity index (χ0) is 17.2. The first-order chi connectivity index (χ1) is 11.4. The number of nitrogens with one attached hydrogen (secondary N) is 1. The predicted octanol–water partition coefficient (Wildman–Crippen LogP) is 1.53. The van der Waals surface area contributed by atoms with Crippen LogP contribution < -0.4 is 14.8 Å². The van der Waals surface area contributed by atoms with Gasteiger partial charge in [-0.3, -0.25) is 4.79 Å². The van der Waals surface area contributed by atoms with E-state index in [-0.39, 0.29) is 30.1 Å². The first-order valence-electron chi connectivity index (χ1n) is 7.65. The molecular formula is C17H19NO5S. The van der Waals surface area contributed by atoms with E-state index >= 15 is 0 Å². The molecule has 1 N–H and O–H groups in total. The van der Waals surface area contributed by atoms with E-state index in [0.717, 1.165) is 16.5 Å². The summed E-state index contributed by atoms with van der Waals surface area (Å²) in [5.41, 5.74) is 0. The second-order valence-electron chi connectivity index (χ2n) is 5.83. The van der Waals surface area contributed by atoms with Crippen LogP contribution >= 0.6 is 0 Å². The second-order valence-corrected chi connectivity index (χ2v) is 8.06. The first kappa shape index (κ1) is 16.6. The maximum absolute atomic E-state index is 11.9. The van der Waals surface area contributed by atoms with Crippen molar-refractivity contribution < 1.29 is 22.7 Å². The number of carbonyl (C=O) groups is 1. The normalized spacial score (nSPS) is 19.1. The first-order valence-corrected chi connectivity index (χ1v) is 9.48. The third-order valence-electron chi connectivity index (χ3n) is 3.99. The van der Waals surface area contributed by atoms with Gasteiger partial charge in [0.15, 0.2) is 16.4 Å². The Bertz CT molecular complexity index is 862. The summed E-state index contributed by atoms with van der Waals surface area (Å²) in [6.07, 6.45) is 0.462. The van der Waals surface area contributed by atoms with Crippen molar-refractivity contribution in [3.05, 3.63) is 36.4 Å². The Morgan fingerprint density at radius 1 is 1.17 bits per heavy atom. The number of methoxy groups -OCH3 is 1. The van der Waals surface area contributed by atoms with E-state index in [1.807, 2.05) is 30.3 Å². The van der Waals surface area contributed by atoms with Crippen LogP contribution in [0.2, 0.25) is 0 Å². The molecule has 0 unspecified atom stereocenters. The fraction of sp³-hybridized carbons (Fsp3) is 0.353. The summed E-state index contributed by atoms with van der Waals surface area (Å²) in [5, 5.41) is 4.70. The molecule has 1 atom stereocenters. The number of amides is 1. The Balaban J connectivity index is 1.59. The molecule has 1 aliphatic rings. The number of hydrogen-bond donors (Lipinski definition) is 1. The highest BCUT2D eigenvalue weighted by Crippen LogP contribution is 2.25. The average Bonchev–Trinajstić information content (AvgIpc) is 2.90. The lowest BCUT2D eigenvalue weighted by atomic mass is 10.1. The van der Waals surface area contributed by atoms with Gasteiger partial charge < -0.3 is 14.8 Å². The van der Waals surface area contributed by atoms with Crippen LogP contribution in [0.15, 0.2) is 36.4 Å². The molecule has 1 fully saturated rings. The van der Waals surface area contributed by atoms with Gasteiger partial charge in [0.25, 0.3) is 5.91 Å². The Morgan fingerprint density at radius 2 is 1.88 bits per heavy atom. The Kier molecular flexibility index (Phi) is 4.62. The van der Waals surface area contributed by atoms with Crippen molar-refractivity contribution >= 4 is 26.5 Å². The molecule has 128 valence electrons. The van der Waals surface area contributed by atoms with E-state index < -0.39 is 9.84 Å². The van der Waals surface area contributed by atoms with Crippen LogP contribution in [-0.4, -0.2) is 45.6 Å². The molecule has 2 aromatic carbocycles. The molecule has 1 saturated heterocycles. The van der Waals surface area contributed by atoms with Gasteiger partial charge in [0, 0.05) is 6.04 Å². The number of fused-ring (bicyclic) bond motifs is 1. The van der Waals surface area contributed by atoms with Crippen molar-refractivity contribution in [3.63, 3.8) is 0 Å². The lowest BCUT2D eigenvalue weighted by molar-refractivity contribution is -0.123. The molecule has 0 bridgehead atoms. The number of carbonyl (C=O) groups excluding carboxylic acids is 1. The Labute approximate surface area is 140 Å². The van der Waals surface area contributed by atoms with Crippen LogP contribution in [0.3, 0.4) is 0 Å². The smallest absolute Gasteiger partial charge is 0.258 e. The van der Waals surface area contributed by atoms with Gasteiger partial charge in [-0.25, -0.2) is 8.42 Å². The number of sulfone groups is 1. The zero-order valence-electron chi connectivity index (χ0n) is 13.3. The molecule has 3 rings (SSSR count). The fourth-order valence-electron chi connectivity index (χ4n) is 2.75. The number of ether oxygens (including phenoxy) is 2. The standard InChI is InChI=1S/C17H19NO5S/c1-22-15-4-2-12-3-5-16(9-13(12)8-15)23-10-17(19)18-14-6-7-24(20,21)11-14/h2-5,8-9,14H,6-7,10-11H2,1H3,(H,18,19)/t14-/m1/s1. The third kappa shape index (κ3) is 3.97. The van der Waals surface area contributed by atoms with E-state index in [1.54, 1.807) is 13.2 Å².